The number of rotatable bonds is 8. The predicted octanol–water partition coefficient (Wildman–Crippen LogP) is 3.72. The molecule has 29 heavy (non-hydrogen) atoms. The van der Waals surface area contributed by atoms with Crippen LogP contribution in [0.5, 0.6) is 5.75 Å². The van der Waals surface area contributed by atoms with Crippen LogP contribution in [0.25, 0.3) is 0 Å². The molecule has 2 amide bonds. The van der Waals surface area contributed by atoms with Crippen molar-refractivity contribution in [1.29, 1.82) is 0 Å². The molecule has 0 spiro atoms. The van der Waals surface area contributed by atoms with E-state index >= 15 is 0 Å². The maximum Gasteiger partial charge on any atom is 0.242 e. The molecule has 0 bridgehead atoms. The summed E-state index contributed by atoms with van der Waals surface area (Å²) in [6.07, 6.45) is 4.75. The highest BCUT2D eigenvalue weighted by Crippen LogP contribution is 2.22. The van der Waals surface area contributed by atoms with Gasteiger partial charge in [-0.2, -0.15) is 0 Å². The monoisotopic (exact) mass is 394 g/mol. The van der Waals surface area contributed by atoms with E-state index in [9.17, 15) is 9.59 Å². The number of aryl methyl sites for hydroxylation is 1. The zero-order valence-electron chi connectivity index (χ0n) is 17.1. The number of hydrogen-bond acceptors (Lipinski definition) is 3. The average molecular weight is 395 g/mol. The van der Waals surface area contributed by atoms with E-state index in [0.29, 0.717) is 25.9 Å². The molecule has 1 aliphatic rings. The molecule has 1 atom stereocenters. The van der Waals surface area contributed by atoms with Gasteiger partial charge in [0.25, 0.3) is 0 Å². The normalized spacial score (nSPS) is 16.9. The highest BCUT2D eigenvalue weighted by molar-refractivity contribution is 5.88. The third kappa shape index (κ3) is 6.08. The first-order chi connectivity index (χ1) is 14.2. The van der Waals surface area contributed by atoms with Crippen LogP contribution in [0.1, 0.15) is 43.2 Å². The zero-order chi connectivity index (χ0) is 20.5. The first-order valence-corrected chi connectivity index (χ1v) is 10.4. The third-order valence-electron chi connectivity index (χ3n) is 5.39. The Morgan fingerprint density at radius 3 is 2.69 bits per heavy atom. The maximum atomic E-state index is 12.9. The van der Waals surface area contributed by atoms with Gasteiger partial charge in [-0.25, -0.2) is 0 Å². The summed E-state index contributed by atoms with van der Waals surface area (Å²) in [6.45, 7) is 1.05. The minimum atomic E-state index is -0.409. The van der Waals surface area contributed by atoms with E-state index in [-0.39, 0.29) is 11.8 Å². The van der Waals surface area contributed by atoms with Crippen molar-refractivity contribution in [3.05, 3.63) is 65.7 Å². The molecular formula is C24H30N2O3. The number of benzene rings is 2. The number of nitrogens with zero attached hydrogens (tertiary/aromatic N) is 1. The molecule has 154 valence electrons. The van der Waals surface area contributed by atoms with Crippen LogP contribution in [-0.2, 0) is 22.6 Å². The van der Waals surface area contributed by atoms with Crippen molar-refractivity contribution in [2.24, 2.45) is 0 Å². The number of carbonyl (C=O) groups is 2. The Morgan fingerprint density at radius 1 is 1.10 bits per heavy atom. The molecule has 5 heteroatoms. The predicted molar refractivity (Wildman–Crippen MR) is 114 cm³/mol. The van der Waals surface area contributed by atoms with E-state index in [2.05, 4.69) is 17.4 Å². The summed E-state index contributed by atoms with van der Waals surface area (Å²) < 4.78 is 5.29. The van der Waals surface area contributed by atoms with E-state index in [1.54, 1.807) is 12.0 Å². The molecule has 1 aliphatic heterocycles. The fourth-order valence-corrected chi connectivity index (χ4v) is 3.79. The Morgan fingerprint density at radius 2 is 1.90 bits per heavy atom. The molecule has 1 N–H and O–H groups in total. The zero-order valence-corrected chi connectivity index (χ0v) is 17.1. The van der Waals surface area contributed by atoms with Crippen molar-refractivity contribution >= 4 is 11.8 Å². The molecule has 0 aliphatic carbocycles. The number of carbonyl (C=O) groups excluding carboxylic acids is 2. The van der Waals surface area contributed by atoms with Crippen molar-refractivity contribution in [2.45, 2.75) is 51.1 Å². The molecule has 3 rings (SSSR count). The molecule has 0 aromatic heterocycles. The lowest BCUT2D eigenvalue weighted by atomic mass is 10.1. The molecule has 5 nitrogen and oxygen atoms in total. The molecule has 2 aromatic rings. The van der Waals surface area contributed by atoms with E-state index < -0.39 is 6.04 Å². The number of methoxy groups -OCH3 is 1. The van der Waals surface area contributed by atoms with Crippen molar-refractivity contribution in [2.75, 3.05) is 13.7 Å². The van der Waals surface area contributed by atoms with Crippen LogP contribution in [0.2, 0.25) is 0 Å². The van der Waals surface area contributed by atoms with Gasteiger partial charge in [0.15, 0.2) is 0 Å². The second-order valence-electron chi connectivity index (χ2n) is 7.51. The lowest BCUT2D eigenvalue weighted by molar-refractivity contribution is -0.140. The van der Waals surface area contributed by atoms with Gasteiger partial charge < -0.3 is 15.0 Å². The quantitative estimate of drug-likeness (QED) is 0.695. The van der Waals surface area contributed by atoms with Crippen LogP contribution in [0.15, 0.2) is 54.6 Å². The molecule has 0 radical (unpaired) electrons. The van der Waals surface area contributed by atoms with Crippen LogP contribution in [0, 0.1) is 0 Å². The molecule has 1 heterocycles. The summed E-state index contributed by atoms with van der Waals surface area (Å²) in [5.41, 5.74) is 2.24. The fraction of sp³-hybridized carbons (Fsp3) is 0.417. The first-order valence-electron chi connectivity index (χ1n) is 10.4. The van der Waals surface area contributed by atoms with Crippen molar-refractivity contribution in [3.63, 3.8) is 0 Å². The minimum Gasteiger partial charge on any atom is -0.497 e. The van der Waals surface area contributed by atoms with Gasteiger partial charge in [-0.05, 0) is 48.9 Å². The van der Waals surface area contributed by atoms with Crippen molar-refractivity contribution < 1.29 is 14.3 Å². The van der Waals surface area contributed by atoms with Crippen LogP contribution < -0.4 is 10.1 Å². The summed E-state index contributed by atoms with van der Waals surface area (Å²) in [7, 11) is 1.63. The van der Waals surface area contributed by atoms with Gasteiger partial charge in [-0.3, -0.25) is 9.59 Å². The number of amides is 2. The van der Waals surface area contributed by atoms with Crippen LogP contribution >= 0.6 is 0 Å². The Labute approximate surface area is 173 Å². The second-order valence-corrected chi connectivity index (χ2v) is 7.51. The van der Waals surface area contributed by atoms with Gasteiger partial charge in [0.1, 0.15) is 11.8 Å². The van der Waals surface area contributed by atoms with E-state index in [1.807, 2.05) is 42.5 Å². The van der Waals surface area contributed by atoms with Gasteiger partial charge in [0.05, 0.1) is 7.11 Å². The molecule has 0 saturated carbocycles. The molecular weight excluding hydrogens is 364 g/mol. The summed E-state index contributed by atoms with van der Waals surface area (Å²) in [6, 6.07) is 17.5. The standard InChI is InChI=1S/C24H30N2O3/c1-29-21-13-7-11-20(17-21)18-26-22(14-5-6-15-23(26)27)24(28)25-16-8-12-19-9-3-2-4-10-19/h2-4,7,9-11,13,17,22H,5-6,8,12,14-16,18H2,1H3,(H,25,28). The summed E-state index contributed by atoms with van der Waals surface area (Å²) in [5, 5.41) is 3.05. The highest BCUT2D eigenvalue weighted by atomic mass is 16.5. The van der Waals surface area contributed by atoms with Gasteiger partial charge in [-0.15, -0.1) is 0 Å². The minimum absolute atomic E-state index is 0.0452. The maximum absolute atomic E-state index is 12.9. The van der Waals surface area contributed by atoms with Crippen molar-refractivity contribution in [3.8, 4) is 5.75 Å². The number of hydrogen-bond donors (Lipinski definition) is 1. The Balaban J connectivity index is 1.60. The Kier molecular flexibility index (Phi) is 7.68. The van der Waals surface area contributed by atoms with Crippen LogP contribution in [0.4, 0.5) is 0 Å². The summed E-state index contributed by atoms with van der Waals surface area (Å²) in [4.78, 5) is 27.4. The summed E-state index contributed by atoms with van der Waals surface area (Å²) in [5.74, 6) is 0.762. The van der Waals surface area contributed by atoms with Crippen molar-refractivity contribution in [1.82, 2.24) is 10.2 Å². The smallest absolute Gasteiger partial charge is 0.242 e. The molecule has 1 fully saturated rings. The van der Waals surface area contributed by atoms with Gasteiger partial charge in [0, 0.05) is 19.5 Å². The fourth-order valence-electron chi connectivity index (χ4n) is 3.79. The van der Waals surface area contributed by atoms with E-state index in [4.69, 9.17) is 4.74 Å². The molecule has 1 unspecified atom stereocenters. The highest BCUT2D eigenvalue weighted by Gasteiger charge is 2.31. The topological polar surface area (TPSA) is 58.6 Å². The van der Waals surface area contributed by atoms with Crippen LogP contribution in [-0.4, -0.2) is 36.4 Å². The van der Waals surface area contributed by atoms with Gasteiger partial charge in [0.2, 0.25) is 11.8 Å². The Bertz CT molecular complexity index is 807. The van der Waals surface area contributed by atoms with Gasteiger partial charge >= 0.3 is 0 Å². The van der Waals surface area contributed by atoms with Gasteiger partial charge in [-0.1, -0.05) is 48.9 Å². The number of nitrogens with one attached hydrogen (secondary N) is 1. The average Bonchev–Trinajstić information content (AvgIpc) is 2.93. The summed E-state index contributed by atoms with van der Waals surface area (Å²) >= 11 is 0. The number of ether oxygens (including phenoxy) is 1. The van der Waals surface area contributed by atoms with E-state index in [1.165, 1.54) is 5.56 Å². The largest absolute Gasteiger partial charge is 0.497 e. The molecule has 1 saturated heterocycles. The third-order valence-corrected chi connectivity index (χ3v) is 5.39. The first kappa shape index (κ1) is 20.9. The SMILES string of the molecule is COc1cccc(CN2C(=O)CCCCC2C(=O)NCCCc2ccccc2)c1. The molecule has 2 aromatic carbocycles. The second kappa shape index (κ2) is 10.6. The van der Waals surface area contributed by atoms with Crippen LogP contribution in [0.3, 0.4) is 0 Å². The number of likely N-dealkylation sites (tertiary alicyclic amines) is 1. The lowest BCUT2D eigenvalue weighted by Crippen LogP contribution is -2.48. The Hall–Kier alpha value is -2.82. The lowest BCUT2D eigenvalue weighted by Gasteiger charge is -2.29. The van der Waals surface area contributed by atoms with E-state index in [0.717, 1.165) is 37.0 Å².